The maximum absolute atomic E-state index is 12.2. The number of fused-ring (bicyclic) bond motifs is 3. The molecule has 0 atom stereocenters. The van der Waals surface area contributed by atoms with E-state index in [9.17, 15) is 53.0 Å². The molecule has 6 rings (SSSR count). The first-order valence-corrected chi connectivity index (χ1v) is 15.6. The highest BCUT2D eigenvalue weighted by Gasteiger charge is 2.85. The second kappa shape index (κ2) is 12.6. The van der Waals surface area contributed by atoms with Crippen LogP contribution in [0.2, 0.25) is 0 Å². The predicted molar refractivity (Wildman–Crippen MR) is 165 cm³/mol. The van der Waals surface area contributed by atoms with Crippen molar-refractivity contribution in [2.45, 2.75) is 29.7 Å². The van der Waals surface area contributed by atoms with Gasteiger partial charge in [-0.2, -0.15) is 47.9 Å². The van der Waals surface area contributed by atoms with Gasteiger partial charge in [-0.1, -0.05) is 97.1 Å². The molecule has 14 heteroatoms. The van der Waals surface area contributed by atoms with Gasteiger partial charge < -0.3 is 5.11 Å². The quantitative estimate of drug-likeness (QED) is 0.133. The molecule has 4 nitrogen and oxygen atoms in total. The zero-order chi connectivity index (χ0) is 36.0. The number of hydrogen-bond donors (Lipinski definition) is 2. The molecule has 0 aliphatic heterocycles. The van der Waals surface area contributed by atoms with E-state index in [0.717, 1.165) is 12.0 Å². The van der Waals surface area contributed by atoms with Crippen molar-refractivity contribution in [2.75, 3.05) is 0 Å². The fourth-order valence-electron chi connectivity index (χ4n) is 5.49. The highest BCUT2D eigenvalue weighted by molar-refractivity contribution is 7.87. The summed E-state index contributed by atoms with van der Waals surface area (Å²) in [6, 6.07) is 40.1. The molecule has 49 heavy (non-hydrogen) atoms. The van der Waals surface area contributed by atoms with E-state index in [0.29, 0.717) is 0 Å². The molecule has 0 radical (unpaired) electrons. The predicted octanol–water partition coefficient (Wildman–Crippen LogP) is 10.3. The van der Waals surface area contributed by atoms with E-state index in [1.807, 2.05) is 12.1 Å². The maximum Gasteiger partial charge on any atom is 0.460 e. The van der Waals surface area contributed by atoms with Crippen LogP contribution >= 0.6 is 0 Å². The number of benzene rings is 5. The molecule has 1 aliphatic carbocycles. The summed E-state index contributed by atoms with van der Waals surface area (Å²) in [5, 5.41) is 2.91. The van der Waals surface area contributed by atoms with Crippen LogP contribution in [-0.2, 0) is 16.5 Å². The van der Waals surface area contributed by atoms with Gasteiger partial charge in [-0.3, -0.25) is 4.55 Å². The van der Waals surface area contributed by atoms with E-state index < -0.39 is 33.4 Å². The third-order valence-electron chi connectivity index (χ3n) is 7.85. The molecule has 0 saturated heterocycles. The molecule has 0 fully saturated rings. The zero-order valence-corrected chi connectivity index (χ0v) is 25.5. The Balaban J connectivity index is 0.000000236. The first kappa shape index (κ1) is 35.5. The first-order chi connectivity index (χ1) is 22.8. The van der Waals surface area contributed by atoms with Crippen molar-refractivity contribution in [1.82, 2.24) is 0 Å². The minimum atomic E-state index is -7.37. The standard InChI is InChI=1S/C31H22O.C4HF9O3S/c32-25-17-15-21(16-18-25)27-20-28-26-14-8-7-13-24(26)19-29(28)31(23-11-5-2-6-12-23)30(27)22-9-3-1-4-10-22;5-1(6,3(9,10)11)2(7,8)4(12,13)17(14,15)16/h1-18,20,32H,19H2;(H,14,15,16). The van der Waals surface area contributed by atoms with Crippen molar-refractivity contribution in [2.24, 2.45) is 0 Å². The van der Waals surface area contributed by atoms with Crippen molar-refractivity contribution >= 4 is 10.1 Å². The van der Waals surface area contributed by atoms with Gasteiger partial charge in [0.2, 0.25) is 0 Å². The molecule has 256 valence electrons. The van der Waals surface area contributed by atoms with Gasteiger partial charge in [0.25, 0.3) is 0 Å². The van der Waals surface area contributed by atoms with Crippen molar-refractivity contribution < 1.29 is 57.6 Å². The van der Waals surface area contributed by atoms with Crippen molar-refractivity contribution in [3.05, 3.63) is 126 Å². The number of halogens is 9. The maximum atomic E-state index is 12.2. The number of phenols is 1. The molecule has 0 aromatic heterocycles. The monoisotopic (exact) mass is 710 g/mol. The van der Waals surface area contributed by atoms with E-state index in [1.165, 1.54) is 50.1 Å². The molecule has 1 aliphatic rings. The fraction of sp³-hybridized carbons (Fsp3) is 0.143. The number of aromatic hydroxyl groups is 1. The number of rotatable bonds is 6. The highest BCUT2D eigenvalue weighted by Crippen LogP contribution is 2.54. The summed E-state index contributed by atoms with van der Waals surface area (Å²) in [4.78, 5) is 0. The molecule has 0 amide bonds. The summed E-state index contributed by atoms with van der Waals surface area (Å²) in [6.45, 7) is 0. The largest absolute Gasteiger partial charge is 0.508 e. The van der Waals surface area contributed by atoms with Gasteiger partial charge in [0.05, 0.1) is 0 Å². The second-order valence-electron chi connectivity index (χ2n) is 11.0. The minimum Gasteiger partial charge on any atom is -0.508 e. The Morgan fingerprint density at radius 3 is 1.53 bits per heavy atom. The molecule has 0 heterocycles. The van der Waals surface area contributed by atoms with E-state index in [2.05, 4.69) is 91.0 Å². The number of phenolic OH excluding ortho intramolecular Hbond substituents is 1. The minimum absolute atomic E-state index is 0.282. The molecule has 5 aromatic carbocycles. The lowest BCUT2D eigenvalue weighted by Crippen LogP contribution is -2.63. The lowest BCUT2D eigenvalue weighted by Gasteiger charge is -2.31. The summed E-state index contributed by atoms with van der Waals surface area (Å²) < 4.78 is 134. The number of hydrogen-bond acceptors (Lipinski definition) is 3. The van der Waals surface area contributed by atoms with Gasteiger partial charge in [-0.25, -0.2) is 0 Å². The average Bonchev–Trinajstić information content (AvgIpc) is 3.42. The van der Waals surface area contributed by atoms with Gasteiger partial charge in [-0.05, 0) is 80.3 Å². The molecule has 2 N–H and O–H groups in total. The zero-order valence-electron chi connectivity index (χ0n) is 24.7. The Morgan fingerprint density at radius 2 is 1.02 bits per heavy atom. The van der Waals surface area contributed by atoms with Crippen molar-refractivity contribution in [1.29, 1.82) is 0 Å². The van der Waals surface area contributed by atoms with Crippen LogP contribution in [0.5, 0.6) is 5.75 Å². The van der Waals surface area contributed by atoms with Crippen molar-refractivity contribution in [3.63, 3.8) is 0 Å². The van der Waals surface area contributed by atoms with Crippen LogP contribution in [0.15, 0.2) is 115 Å². The van der Waals surface area contributed by atoms with Crippen LogP contribution in [0.3, 0.4) is 0 Å². The molecule has 0 saturated carbocycles. The normalized spacial score (nSPS) is 13.3. The summed E-state index contributed by atoms with van der Waals surface area (Å²) in [5.41, 5.74) is 12.7. The van der Waals surface area contributed by atoms with Gasteiger partial charge >= 0.3 is 33.4 Å². The molecule has 5 aromatic rings. The van der Waals surface area contributed by atoms with Gasteiger partial charge in [0, 0.05) is 0 Å². The van der Waals surface area contributed by atoms with Crippen LogP contribution in [0.4, 0.5) is 39.5 Å². The Labute approximate surface area is 273 Å². The van der Waals surface area contributed by atoms with Gasteiger partial charge in [-0.15, -0.1) is 0 Å². The summed E-state index contributed by atoms with van der Waals surface area (Å²) >= 11 is 0. The SMILES string of the molecule is O=S(=O)(O)C(F)(F)C(F)(F)C(F)(F)C(F)(F)F.Oc1ccc(-c2cc3c(c(-c4ccccc4)c2-c2ccccc2)Cc2ccccc2-3)cc1. The van der Waals surface area contributed by atoms with E-state index in [-0.39, 0.29) is 5.75 Å². The Kier molecular flexibility index (Phi) is 9.10. The Hall–Kier alpha value is -4.82. The van der Waals surface area contributed by atoms with Gasteiger partial charge in [0.1, 0.15) is 5.75 Å². The fourth-order valence-corrected chi connectivity index (χ4v) is 5.95. The summed E-state index contributed by atoms with van der Waals surface area (Å²) in [5.74, 6) is -14.4. The molecular weight excluding hydrogens is 687 g/mol. The van der Waals surface area contributed by atoms with Crippen LogP contribution in [-0.4, -0.2) is 41.4 Å². The highest BCUT2D eigenvalue weighted by atomic mass is 32.2. The lowest BCUT2D eigenvalue weighted by atomic mass is 9.82. The molecular formula is C35H23F9O4S. The summed E-state index contributed by atoms with van der Waals surface area (Å²) in [6.07, 6.45) is -6.20. The van der Waals surface area contributed by atoms with Crippen LogP contribution in [0, 0.1) is 0 Å². The second-order valence-corrected chi connectivity index (χ2v) is 12.4. The number of alkyl halides is 9. The van der Waals surface area contributed by atoms with E-state index in [1.54, 1.807) is 12.1 Å². The molecule has 0 spiro atoms. The van der Waals surface area contributed by atoms with Crippen molar-refractivity contribution in [3.8, 4) is 50.3 Å². The van der Waals surface area contributed by atoms with Crippen LogP contribution in [0.25, 0.3) is 44.5 Å². The van der Waals surface area contributed by atoms with Gasteiger partial charge in [0.15, 0.2) is 0 Å². The average molecular weight is 711 g/mol. The Bertz CT molecular complexity index is 2080. The van der Waals surface area contributed by atoms with E-state index in [4.69, 9.17) is 4.55 Å². The topological polar surface area (TPSA) is 74.6 Å². The van der Waals surface area contributed by atoms with E-state index >= 15 is 0 Å². The first-order valence-electron chi connectivity index (χ1n) is 14.1. The van der Waals surface area contributed by atoms with Crippen LogP contribution < -0.4 is 0 Å². The third-order valence-corrected chi connectivity index (χ3v) is 8.76. The summed E-state index contributed by atoms with van der Waals surface area (Å²) in [7, 11) is -7.17. The van der Waals surface area contributed by atoms with Crippen LogP contribution in [0.1, 0.15) is 11.1 Å². The third kappa shape index (κ3) is 6.26. The smallest absolute Gasteiger partial charge is 0.460 e. The lowest BCUT2D eigenvalue weighted by molar-refractivity contribution is -0.382. The molecule has 0 bridgehead atoms. The molecule has 0 unspecified atom stereocenters. The Morgan fingerprint density at radius 1 is 0.531 bits per heavy atom.